The van der Waals surface area contributed by atoms with E-state index in [1.807, 2.05) is 24.3 Å². The molecule has 4 heteroatoms. The van der Waals surface area contributed by atoms with Gasteiger partial charge in [-0.3, -0.25) is 0 Å². The molecule has 0 saturated carbocycles. The van der Waals surface area contributed by atoms with Crippen LogP contribution < -0.4 is 14.8 Å². The molecule has 1 aromatic rings. The monoisotopic (exact) mass is 257 g/mol. The minimum atomic E-state index is 0. The maximum Gasteiger partial charge on any atom is 0.161 e. The zero-order valence-corrected chi connectivity index (χ0v) is 11.1. The summed E-state index contributed by atoms with van der Waals surface area (Å²) in [5.74, 6) is 2.37. The van der Waals surface area contributed by atoms with Gasteiger partial charge in [-0.05, 0) is 24.6 Å². The molecule has 1 N–H and O–H groups in total. The van der Waals surface area contributed by atoms with E-state index in [-0.39, 0.29) is 18.5 Å². The molecule has 1 aliphatic heterocycles. The third-order valence-corrected chi connectivity index (χ3v) is 2.49. The van der Waals surface area contributed by atoms with Gasteiger partial charge in [0.25, 0.3) is 0 Å². The van der Waals surface area contributed by atoms with Gasteiger partial charge in [0.2, 0.25) is 0 Å². The largest absolute Gasteiger partial charge is 0.486 e. The van der Waals surface area contributed by atoms with Crippen LogP contribution in [0.4, 0.5) is 0 Å². The van der Waals surface area contributed by atoms with Gasteiger partial charge >= 0.3 is 0 Å². The van der Waals surface area contributed by atoms with Gasteiger partial charge in [-0.25, -0.2) is 0 Å². The van der Waals surface area contributed by atoms with E-state index < -0.39 is 0 Å². The molecule has 0 aliphatic carbocycles. The van der Waals surface area contributed by atoms with Crippen LogP contribution in [-0.2, 0) is 0 Å². The second kappa shape index (κ2) is 6.72. The van der Waals surface area contributed by atoms with E-state index in [9.17, 15) is 0 Å². The van der Waals surface area contributed by atoms with Gasteiger partial charge in [-0.1, -0.05) is 26.0 Å². The van der Waals surface area contributed by atoms with Crippen LogP contribution in [0.2, 0.25) is 0 Å². The smallest absolute Gasteiger partial charge is 0.161 e. The van der Waals surface area contributed by atoms with Crippen molar-refractivity contribution in [3.05, 3.63) is 24.3 Å². The normalized spacial score (nSPS) is 17.7. The molecular formula is C13H20ClNO2. The standard InChI is InChI=1S/C13H19NO2.ClH/c1-10(2)7-14-8-11-9-15-12-5-3-4-6-13(12)16-11;/h3-6,10-11,14H,7-9H2,1-2H3;1H. The van der Waals surface area contributed by atoms with Crippen molar-refractivity contribution in [1.29, 1.82) is 0 Å². The molecule has 0 spiro atoms. The van der Waals surface area contributed by atoms with Crippen molar-refractivity contribution in [2.24, 2.45) is 5.92 Å². The second-order valence-corrected chi connectivity index (χ2v) is 4.55. The zero-order valence-electron chi connectivity index (χ0n) is 10.3. The zero-order chi connectivity index (χ0) is 11.4. The summed E-state index contributed by atoms with van der Waals surface area (Å²) < 4.78 is 11.5. The number of rotatable bonds is 4. The predicted molar refractivity (Wildman–Crippen MR) is 71.3 cm³/mol. The molecule has 1 heterocycles. The van der Waals surface area contributed by atoms with Gasteiger partial charge in [0.1, 0.15) is 12.7 Å². The summed E-state index contributed by atoms with van der Waals surface area (Å²) in [5, 5.41) is 3.38. The molecule has 3 nitrogen and oxygen atoms in total. The van der Waals surface area contributed by atoms with Crippen molar-refractivity contribution in [2.75, 3.05) is 19.7 Å². The molecule has 1 aliphatic rings. The van der Waals surface area contributed by atoms with Gasteiger partial charge in [0.05, 0.1) is 0 Å². The Kier molecular flexibility index (Phi) is 5.59. The van der Waals surface area contributed by atoms with Crippen molar-refractivity contribution in [3.8, 4) is 11.5 Å². The Morgan fingerprint density at radius 2 is 2.00 bits per heavy atom. The molecular weight excluding hydrogens is 238 g/mol. The molecule has 0 bridgehead atoms. The summed E-state index contributed by atoms with van der Waals surface area (Å²) in [5.41, 5.74) is 0. The molecule has 0 aromatic heterocycles. The van der Waals surface area contributed by atoms with E-state index in [1.54, 1.807) is 0 Å². The Morgan fingerprint density at radius 1 is 1.29 bits per heavy atom. The second-order valence-electron chi connectivity index (χ2n) is 4.55. The Balaban J connectivity index is 0.00000144. The van der Waals surface area contributed by atoms with Crippen molar-refractivity contribution in [1.82, 2.24) is 5.32 Å². The lowest BCUT2D eigenvalue weighted by Gasteiger charge is -2.26. The number of nitrogens with one attached hydrogen (secondary N) is 1. The molecule has 1 aromatic carbocycles. The number of ether oxygens (including phenoxy) is 2. The molecule has 0 saturated heterocycles. The lowest BCUT2D eigenvalue weighted by Crippen LogP contribution is -2.39. The number of halogens is 1. The van der Waals surface area contributed by atoms with E-state index in [2.05, 4.69) is 19.2 Å². The maximum atomic E-state index is 5.83. The highest BCUT2D eigenvalue weighted by atomic mass is 35.5. The van der Waals surface area contributed by atoms with Crippen molar-refractivity contribution in [3.63, 3.8) is 0 Å². The molecule has 0 amide bonds. The van der Waals surface area contributed by atoms with Crippen LogP contribution in [0.25, 0.3) is 0 Å². The fourth-order valence-electron chi connectivity index (χ4n) is 1.70. The van der Waals surface area contributed by atoms with E-state index in [1.165, 1.54) is 0 Å². The van der Waals surface area contributed by atoms with Crippen LogP contribution in [0.3, 0.4) is 0 Å². The number of para-hydroxylation sites is 2. The fraction of sp³-hybridized carbons (Fsp3) is 0.538. The van der Waals surface area contributed by atoms with Gasteiger partial charge in [0.15, 0.2) is 11.5 Å². The van der Waals surface area contributed by atoms with Gasteiger partial charge in [-0.15, -0.1) is 12.4 Å². The van der Waals surface area contributed by atoms with Gasteiger partial charge in [-0.2, -0.15) is 0 Å². The highest BCUT2D eigenvalue weighted by Gasteiger charge is 2.19. The van der Waals surface area contributed by atoms with Crippen LogP contribution in [-0.4, -0.2) is 25.8 Å². The first-order chi connectivity index (χ1) is 7.75. The lowest BCUT2D eigenvalue weighted by atomic mass is 10.2. The van der Waals surface area contributed by atoms with Crippen molar-refractivity contribution >= 4 is 12.4 Å². The summed E-state index contributed by atoms with van der Waals surface area (Å²) in [6.45, 7) is 6.87. The van der Waals surface area contributed by atoms with Crippen LogP contribution in [0.1, 0.15) is 13.8 Å². The van der Waals surface area contributed by atoms with Gasteiger partial charge in [0, 0.05) is 6.54 Å². The van der Waals surface area contributed by atoms with Crippen molar-refractivity contribution in [2.45, 2.75) is 20.0 Å². The number of benzene rings is 1. The van der Waals surface area contributed by atoms with E-state index in [0.717, 1.165) is 24.6 Å². The quantitative estimate of drug-likeness (QED) is 0.899. The topological polar surface area (TPSA) is 30.5 Å². The van der Waals surface area contributed by atoms with E-state index >= 15 is 0 Å². The van der Waals surface area contributed by atoms with Crippen LogP contribution >= 0.6 is 12.4 Å². The summed E-state index contributed by atoms with van der Waals surface area (Å²) in [7, 11) is 0. The highest BCUT2D eigenvalue weighted by Crippen LogP contribution is 2.30. The van der Waals surface area contributed by atoms with Crippen LogP contribution in [0.15, 0.2) is 24.3 Å². The SMILES string of the molecule is CC(C)CNCC1COc2ccccc2O1.Cl. The first-order valence-electron chi connectivity index (χ1n) is 5.85. The molecule has 96 valence electrons. The summed E-state index contributed by atoms with van der Waals surface area (Å²) in [6, 6.07) is 7.81. The number of hydrogen-bond acceptors (Lipinski definition) is 3. The molecule has 1 atom stereocenters. The minimum absolute atomic E-state index is 0. The average molecular weight is 258 g/mol. The summed E-state index contributed by atoms with van der Waals surface area (Å²) >= 11 is 0. The van der Waals surface area contributed by atoms with Crippen molar-refractivity contribution < 1.29 is 9.47 Å². The first kappa shape index (κ1) is 14.1. The van der Waals surface area contributed by atoms with Crippen LogP contribution in [0, 0.1) is 5.92 Å². The molecule has 1 unspecified atom stereocenters. The Hall–Kier alpha value is -0.930. The lowest BCUT2D eigenvalue weighted by molar-refractivity contribution is 0.0900. The maximum absolute atomic E-state index is 5.83. The third kappa shape index (κ3) is 4.10. The highest BCUT2D eigenvalue weighted by molar-refractivity contribution is 5.85. The molecule has 0 radical (unpaired) electrons. The van der Waals surface area contributed by atoms with Gasteiger partial charge < -0.3 is 14.8 Å². The molecule has 0 fully saturated rings. The number of fused-ring (bicyclic) bond motifs is 1. The predicted octanol–water partition coefficient (Wildman–Crippen LogP) is 2.49. The summed E-state index contributed by atoms with van der Waals surface area (Å²) in [6.07, 6.45) is 0.119. The Morgan fingerprint density at radius 3 is 2.71 bits per heavy atom. The number of hydrogen-bond donors (Lipinski definition) is 1. The molecule has 17 heavy (non-hydrogen) atoms. The summed E-state index contributed by atoms with van der Waals surface area (Å²) in [4.78, 5) is 0. The first-order valence-corrected chi connectivity index (χ1v) is 5.85. The van der Waals surface area contributed by atoms with E-state index in [0.29, 0.717) is 12.5 Å². The fourth-order valence-corrected chi connectivity index (χ4v) is 1.70. The Labute approximate surface area is 109 Å². The average Bonchev–Trinajstić information content (AvgIpc) is 2.28. The van der Waals surface area contributed by atoms with Crippen LogP contribution in [0.5, 0.6) is 11.5 Å². The Bertz CT molecular complexity index is 344. The molecule has 2 rings (SSSR count). The third-order valence-electron chi connectivity index (χ3n) is 2.49. The van der Waals surface area contributed by atoms with E-state index in [4.69, 9.17) is 9.47 Å². The minimum Gasteiger partial charge on any atom is -0.486 e.